The monoisotopic (exact) mass is 462 g/mol. The highest BCUT2D eigenvalue weighted by Crippen LogP contribution is 2.32. The second kappa shape index (κ2) is 9.41. The topological polar surface area (TPSA) is 84.0 Å². The second-order valence-electron chi connectivity index (χ2n) is 9.49. The zero-order valence-corrected chi connectivity index (χ0v) is 20.1. The van der Waals surface area contributed by atoms with E-state index < -0.39 is 17.8 Å². The Morgan fingerprint density at radius 2 is 1.65 bits per heavy atom. The lowest BCUT2D eigenvalue weighted by Crippen LogP contribution is -2.41. The molecule has 178 valence electrons. The van der Waals surface area contributed by atoms with Gasteiger partial charge in [-0.3, -0.25) is 14.4 Å². The molecule has 0 radical (unpaired) electrons. The van der Waals surface area contributed by atoms with E-state index in [0.717, 1.165) is 41.7 Å². The van der Waals surface area contributed by atoms with Crippen molar-refractivity contribution in [1.82, 2.24) is 4.90 Å². The molecule has 34 heavy (non-hydrogen) atoms. The van der Waals surface area contributed by atoms with Gasteiger partial charge in [-0.25, -0.2) is 9.69 Å². The normalized spacial score (nSPS) is 19.7. The van der Waals surface area contributed by atoms with Crippen LogP contribution in [0.25, 0.3) is 0 Å². The summed E-state index contributed by atoms with van der Waals surface area (Å²) in [7, 11) is 1.75. The van der Waals surface area contributed by atoms with E-state index in [9.17, 15) is 19.2 Å². The van der Waals surface area contributed by atoms with E-state index in [-0.39, 0.29) is 35.2 Å². The Morgan fingerprint density at radius 1 is 0.971 bits per heavy atom. The van der Waals surface area contributed by atoms with Gasteiger partial charge in [-0.1, -0.05) is 19.1 Å². The van der Waals surface area contributed by atoms with Crippen LogP contribution in [-0.4, -0.2) is 48.3 Å². The number of esters is 1. The summed E-state index contributed by atoms with van der Waals surface area (Å²) in [5, 5.41) is 0. The molecule has 1 aliphatic heterocycles. The lowest BCUT2D eigenvalue weighted by molar-refractivity contribution is -0.136. The van der Waals surface area contributed by atoms with Crippen molar-refractivity contribution in [3.8, 4) is 0 Å². The highest BCUT2D eigenvalue weighted by molar-refractivity contribution is 6.35. The van der Waals surface area contributed by atoms with Crippen molar-refractivity contribution in [2.75, 3.05) is 18.6 Å². The van der Waals surface area contributed by atoms with Crippen LogP contribution in [0.3, 0.4) is 0 Å². The summed E-state index contributed by atoms with van der Waals surface area (Å²) in [6, 6.07) is 10.0. The number of aryl methyl sites for hydroxylation is 2. The fraction of sp³-hybridized carbons (Fsp3) is 0.407. The lowest BCUT2D eigenvalue weighted by atomic mass is 9.87. The maximum absolute atomic E-state index is 13.1. The van der Waals surface area contributed by atoms with Crippen LogP contribution in [0.15, 0.2) is 36.4 Å². The average molecular weight is 463 g/mol. The van der Waals surface area contributed by atoms with E-state index in [1.807, 2.05) is 26.0 Å². The molecule has 7 heteroatoms. The van der Waals surface area contributed by atoms with Gasteiger partial charge in [0.1, 0.15) is 0 Å². The molecular formula is C27H30N2O5. The maximum Gasteiger partial charge on any atom is 0.338 e. The van der Waals surface area contributed by atoms with Crippen LogP contribution in [0.4, 0.5) is 5.69 Å². The molecule has 2 aromatic carbocycles. The van der Waals surface area contributed by atoms with E-state index in [2.05, 4.69) is 6.92 Å². The summed E-state index contributed by atoms with van der Waals surface area (Å²) >= 11 is 0. The average Bonchev–Trinajstić information content (AvgIpc) is 3.08. The zero-order valence-electron chi connectivity index (χ0n) is 20.1. The van der Waals surface area contributed by atoms with Gasteiger partial charge in [0.25, 0.3) is 17.7 Å². The third-order valence-corrected chi connectivity index (χ3v) is 6.98. The molecule has 2 aromatic rings. The second-order valence-corrected chi connectivity index (χ2v) is 9.49. The number of likely N-dealkylation sites (N-methyl/N-ethyl adjacent to an activating group) is 1. The minimum Gasteiger partial charge on any atom is -0.452 e. The number of imide groups is 1. The molecule has 1 heterocycles. The first kappa shape index (κ1) is 23.7. The molecule has 0 N–H and O–H groups in total. The van der Waals surface area contributed by atoms with Crippen molar-refractivity contribution in [3.05, 3.63) is 64.2 Å². The third kappa shape index (κ3) is 4.47. The van der Waals surface area contributed by atoms with Crippen LogP contribution in [0.1, 0.15) is 74.8 Å². The number of rotatable bonds is 5. The number of hydrogen-bond donors (Lipinski definition) is 0. The van der Waals surface area contributed by atoms with Crippen LogP contribution in [0, 0.1) is 19.8 Å². The number of benzene rings is 2. The molecular weight excluding hydrogens is 432 g/mol. The largest absolute Gasteiger partial charge is 0.452 e. The number of hydrogen-bond acceptors (Lipinski definition) is 5. The predicted molar refractivity (Wildman–Crippen MR) is 128 cm³/mol. The van der Waals surface area contributed by atoms with Crippen molar-refractivity contribution in [3.63, 3.8) is 0 Å². The van der Waals surface area contributed by atoms with Gasteiger partial charge in [-0.2, -0.15) is 0 Å². The number of carbonyl (C=O) groups is 4. The zero-order chi connectivity index (χ0) is 24.6. The summed E-state index contributed by atoms with van der Waals surface area (Å²) in [5.41, 5.74) is 2.78. The molecule has 0 spiro atoms. The number of amides is 3. The SMILES string of the molecule is Cc1ccc(C)c(N2C(=O)c3ccc(C(=O)OCC(=O)N(C)C4CCC(C)CC4)cc3C2=O)c1. The standard InChI is InChI=1S/C27H30N2O5/c1-16-6-10-20(11-7-16)28(4)24(30)15-34-27(33)19-9-12-21-22(14-19)26(32)29(25(21)31)23-13-17(2)5-8-18(23)3/h5,8-9,12-14,16,20H,6-7,10-11,15H2,1-4H3. The van der Waals surface area contributed by atoms with Gasteiger partial charge in [0.15, 0.2) is 6.61 Å². The lowest BCUT2D eigenvalue weighted by Gasteiger charge is -2.33. The molecule has 7 nitrogen and oxygen atoms in total. The molecule has 0 atom stereocenters. The van der Waals surface area contributed by atoms with Gasteiger partial charge in [-0.15, -0.1) is 0 Å². The van der Waals surface area contributed by atoms with Gasteiger partial charge in [0, 0.05) is 13.1 Å². The van der Waals surface area contributed by atoms with Crippen molar-refractivity contribution < 1.29 is 23.9 Å². The molecule has 0 saturated heterocycles. The van der Waals surface area contributed by atoms with Crippen molar-refractivity contribution in [2.45, 2.75) is 52.5 Å². The first-order valence-corrected chi connectivity index (χ1v) is 11.7. The van der Waals surface area contributed by atoms with E-state index in [1.165, 1.54) is 18.2 Å². The summed E-state index contributed by atoms with van der Waals surface area (Å²) in [5.74, 6) is -1.18. The maximum atomic E-state index is 13.1. The molecule has 0 bridgehead atoms. The third-order valence-electron chi connectivity index (χ3n) is 6.98. The first-order chi connectivity index (χ1) is 16.2. The van der Waals surface area contributed by atoms with E-state index >= 15 is 0 Å². The van der Waals surface area contributed by atoms with Gasteiger partial charge in [-0.05, 0) is 80.8 Å². The predicted octanol–water partition coefficient (Wildman–Crippen LogP) is 4.30. The molecule has 0 unspecified atom stereocenters. The number of anilines is 1. The van der Waals surface area contributed by atoms with Gasteiger partial charge in [0.2, 0.25) is 0 Å². The first-order valence-electron chi connectivity index (χ1n) is 11.7. The van der Waals surface area contributed by atoms with Crippen LogP contribution in [0.5, 0.6) is 0 Å². The van der Waals surface area contributed by atoms with E-state index in [4.69, 9.17) is 4.74 Å². The molecule has 3 amide bonds. The quantitative estimate of drug-likeness (QED) is 0.489. The number of carbonyl (C=O) groups excluding carboxylic acids is 4. The summed E-state index contributed by atoms with van der Waals surface area (Å²) < 4.78 is 5.25. The van der Waals surface area contributed by atoms with Crippen LogP contribution >= 0.6 is 0 Å². The Morgan fingerprint density at radius 3 is 2.35 bits per heavy atom. The molecule has 2 aliphatic rings. The molecule has 4 rings (SSSR count). The molecule has 1 fully saturated rings. The smallest absolute Gasteiger partial charge is 0.338 e. The van der Waals surface area contributed by atoms with Crippen molar-refractivity contribution in [1.29, 1.82) is 0 Å². The number of fused-ring (bicyclic) bond motifs is 1. The molecule has 1 saturated carbocycles. The Hall–Kier alpha value is -3.48. The number of nitrogens with zero attached hydrogens (tertiary/aromatic N) is 2. The highest BCUT2D eigenvalue weighted by atomic mass is 16.5. The fourth-order valence-electron chi connectivity index (χ4n) is 4.69. The van der Waals surface area contributed by atoms with Crippen LogP contribution < -0.4 is 4.90 Å². The van der Waals surface area contributed by atoms with Crippen LogP contribution in [-0.2, 0) is 9.53 Å². The summed E-state index contributed by atoms with van der Waals surface area (Å²) in [6.07, 6.45) is 4.08. The van der Waals surface area contributed by atoms with E-state index in [1.54, 1.807) is 18.0 Å². The van der Waals surface area contributed by atoms with Crippen molar-refractivity contribution in [2.24, 2.45) is 5.92 Å². The number of ether oxygens (including phenoxy) is 1. The Balaban J connectivity index is 1.44. The van der Waals surface area contributed by atoms with Crippen LogP contribution in [0.2, 0.25) is 0 Å². The van der Waals surface area contributed by atoms with Gasteiger partial charge < -0.3 is 9.64 Å². The summed E-state index contributed by atoms with van der Waals surface area (Å²) in [4.78, 5) is 54.0. The summed E-state index contributed by atoms with van der Waals surface area (Å²) in [6.45, 7) is 5.59. The fourth-order valence-corrected chi connectivity index (χ4v) is 4.69. The minimum absolute atomic E-state index is 0.129. The highest BCUT2D eigenvalue weighted by Gasteiger charge is 2.38. The Kier molecular flexibility index (Phi) is 6.55. The minimum atomic E-state index is -0.702. The van der Waals surface area contributed by atoms with Crippen molar-refractivity contribution >= 4 is 29.4 Å². The van der Waals surface area contributed by atoms with Gasteiger partial charge in [0.05, 0.1) is 22.4 Å². The molecule has 0 aromatic heterocycles. The Bertz CT molecular complexity index is 1160. The van der Waals surface area contributed by atoms with E-state index in [0.29, 0.717) is 11.6 Å². The van der Waals surface area contributed by atoms with Gasteiger partial charge >= 0.3 is 5.97 Å². The molecule has 1 aliphatic carbocycles. The Labute approximate surface area is 199 Å².